The van der Waals surface area contributed by atoms with E-state index in [0.717, 1.165) is 31.3 Å². The van der Waals surface area contributed by atoms with Crippen molar-refractivity contribution in [2.75, 3.05) is 13.1 Å². The highest BCUT2D eigenvalue weighted by Crippen LogP contribution is 2.35. The molecular formula is C15H16ClNO2. The molecule has 1 fully saturated rings. The molecule has 100 valence electrons. The van der Waals surface area contributed by atoms with E-state index in [4.69, 9.17) is 16.0 Å². The number of furan rings is 1. The SMILES string of the molecule is CC1(C(=O)c2cc3cccc(Cl)c3o2)CCNCC1. The Bertz CT molecular complexity index is 626. The molecule has 0 aliphatic carbocycles. The summed E-state index contributed by atoms with van der Waals surface area (Å²) in [5, 5.41) is 4.71. The number of rotatable bonds is 2. The molecule has 0 bridgehead atoms. The first-order valence-electron chi connectivity index (χ1n) is 6.54. The molecule has 1 aromatic carbocycles. The van der Waals surface area contributed by atoms with E-state index in [1.807, 2.05) is 19.1 Å². The molecule has 19 heavy (non-hydrogen) atoms. The van der Waals surface area contributed by atoms with Gasteiger partial charge in [0.1, 0.15) is 0 Å². The normalized spacial score (nSPS) is 18.6. The topological polar surface area (TPSA) is 42.2 Å². The first-order valence-corrected chi connectivity index (χ1v) is 6.91. The zero-order valence-electron chi connectivity index (χ0n) is 10.8. The summed E-state index contributed by atoms with van der Waals surface area (Å²) in [5.74, 6) is 0.508. The molecule has 1 aliphatic heterocycles. The average molecular weight is 278 g/mol. The van der Waals surface area contributed by atoms with E-state index in [-0.39, 0.29) is 11.2 Å². The van der Waals surface area contributed by atoms with Crippen LogP contribution >= 0.6 is 11.6 Å². The Kier molecular flexibility index (Phi) is 3.11. The Hall–Kier alpha value is -1.32. The smallest absolute Gasteiger partial charge is 0.203 e. The fourth-order valence-electron chi connectivity index (χ4n) is 2.64. The number of ketones is 1. The van der Waals surface area contributed by atoms with Gasteiger partial charge in [0.2, 0.25) is 5.78 Å². The number of fused-ring (bicyclic) bond motifs is 1. The fourth-order valence-corrected chi connectivity index (χ4v) is 2.86. The second-order valence-electron chi connectivity index (χ2n) is 5.41. The van der Waals surface area contributed by atoms with Crippen LogP contribution in [0.1, 0.15) is 30.3 Å². The number of Topliss-reactive ketones (excluding diaryl/α,β-unsaturated/α-hetero) is 1. The second-order valence-corrected chi connectivity index (χ2v) is 5.82. The number of hydrogen-bond donors (Lipinski definition) is 1. The fraction of sp³-hybridized carbons (Fsp3) is 0.400. The van der Waals surface area contributed by atoms with Crippen molar-refractivity contribution in [1.29, 1.82) is 0 Å². The van der Waals surface area contributed by atoms with Crippen molar-refractivity contribution in [3.63, 3.8) is 0 Å². The van der Waals surface area contributed by atoms with Crippen LogP contribution in [0.4, 0.5) is 0 Å². The number of carbonyl (C=O) groups is 1. The highest BCUT2D eigenvalue weighted by atomic mass is 35.5. The molecule has 1 saturated heterocycles. The summed E-state index contributed by atoms with van der Waals surface area (Å²) in [5.41, 5.74) is 0.274. The van der Waals surface area contributed by atoms with Gasteiger partial charge in [-0.05, 0) is 38.1 Å². The summed E-state index contributed by atoms with van der Waals surface area (Å²) < 4.78 is 5.68. The van der Waals surface area contributed by atoms with Gasteiger partial charge in [0.15, 0.2) is 11.3 Å². The minimum atomic E-state index is -0.328. The molecule has 0 amide bonds. The van der Waals surface area contributed by atoms with E-state index in [0.29, 0.717) is 16.4 Å². The molecular weight excluding hydrogens is 262 g/mol. The molecule has 0 spiro atoms. The van der Waals surface area contributed by atoms with Crippen LogP contribution in [-0.2, 0) is 0 Å². The molecule has 0 atom stereocenters. The molecule has 1 N–H and O–H groups in total. The maximum atomic E-state index is 12.6. The summed E-state index contributed by atoms with van der Waals surface area (Å²) in [6.45, 7) is 3.78. The quantitative estimate of drug-likeness (QED) is 0.852. The van der Waals surface area contributed by atoms with Crippen molar-refractivity contribution < 1.29 is 9.21 Å². The summed E-state index contributed by atoms with van der Waals surface area (Å²) >= 11 is 6.08. The van der Waals surface area contributed by atoms with Gasteiger partial charge in [-0.3, -0.25) is 4.79 Å². The van der Waals surface area contributed by atoms with Crippen LogP contribution in [0.25, 0.3) is 11.0 Å². The lowest BCUT2D eigenvalue weighted by Gasteiger charge is -2.31. The number of halogens is 1. The third-order valence-corrected chi connectivity index (χ3v) is 4.27. The van der Waals surface area contributed by atoms with E-state index in [1.165, 1.54) is 0 Å². The van der Waals surface area contributed by atoms with Crippen molar-refractivity contribution >= 4 is 28.4 Å². The van der Waals surface area contributed by atoms with Crippen LogP contribution in [-0.4, -0.2) is 18.9 Å². The zero-order chi connectivity index (χ0) is 13.5. The summed E-state index contributed by atoms with van der Waals surface area (Å²) in [4.78, 5) is 12.6. The van der Waals surface area contributed by atoms with E-state index >= 15 is 0 Å². The minimum Gasteiger partial charge on any atom is -0.451 e. The van der Waals surface area contributed by atoms with Crippen LogP contribution in [0.3, 0.4) is 0 Å². The van der Waals surface area contributed by atoms with Crippen LogP contribution in [0.5, 0.6) is 0 Å². The standard InChI is InChI=1S/C15H16ClNO2/c1-15(5-7-17-8-6-15)14(18)12-9-10-3-2-4-11(16)13(10)19-12/h2-4,9,17H,5-8H2,1H3. The molecule has 4 heteroatoms. The molecule has 3 rings (SSSR count). The van der Waals surface area contributed by atoms with Gasteiger partial charge in [-0.25, -0.2) is 0 Å². The predicted octanol–water partition coefficient (Wildman–Crippen LogP) is 3.66. The van der Waals surface area contributed by atoms with Gasteiger partial charge in [-0.2, -0.15) is 0 Å². The van der Waals surface area contributed by atoms with E-state index < -0.39 is 0 Å². The van der Waals surface area contributed by atoms with Crippen LogP contribution < -0.4 is 5.32 Å². The summed E-state index contributed by atoms with van der Waals surface area (Å²) in [6, 6.07) is 7.34. The molecule has 0 saturated carbocycles. The first kappa shape index (κ1) is 12.7. The number of benzene rings is 1. The number of nitrogens with one attached hydrogen (secondary N) is 1. The van der Waals surface area contributed by atoms with E-state index in [9.17, 15) is 4.79 Å². The van der Waals surface area contributed by atoms with Gasteiger partial charge < -0.3 is 9.73 Å². The van der Waals surface area contributed by atoms with Crippen LogP contribution in [0.15, 0.2) is 28.7 Å². The Morgan fingerprint density at radius 2 is 2.11 bits per heavy atom. The number of para-hydroxylation sites is 1. The van der Waals surface area contributed by atoms with Crippen LogP contribution in [0.2, 0.25) is 5.02 Å². The van der Waals surface area contributed by atoms with Crippen molar-refractivity contribution in [1.82, 2.24) is 5.32 Å². The predicted molar refractivity (Wildman–Crippen MR) is 75.8 cm³/mol. The average Bonchev–Trinajstić information content (AvgIpc) is 2.84. The first-order chi connectivity index (χ1) is 9.10. The number of piperidine rings is 1. The highest BCUT2D eigenvalue weighted by molar-refractivity contribution is 6.34. The number of hydrogen-bond acceptors (Lipinski definition) is 3. The lowest BCUT2D eigenvalue weighted by molar-refractivity contribution is 0.0734. The van der Waals surface area contributed by atoms with Crippen molar-refractivity contribution in [3.05, 3.63) is 35.0 Å². The lowest BCUT2D eigenvalue weighted by atomic mass is 9.76. The molecule has 0 unspecified atom stereocenters. The molecule has 2 aromatic rings. The van der Waals surface area contributed by atoms with Crippen molar-refractivity contribution in [2.24, 2.45) is 5.41 Å². The Morgan fingerprint density at radius 3 is 2.79 bits per heavy atom. The summed E-state index contributed by atoms with van der Waals surface area (Å²) in [7, 11) is 0. The largest absolute Gasteiger partial charge is 0.451 e. The zero-order valence-corrected chi connectivity index (χ0v) is 11.6. The molecule has 3 nitrogen and oxygen atoms in total. The highest BCUT2D eigenvalue weighted by Gasteiger charge is 2.37. The van der Waals surface area contributed by atoms with E-state index in [1.54, 1.807) is 12.1 Å². The van der Waals surface area contributed by atoms with Gasteiger partial charge in [0.05, 0.1) is 5.02 Å². The Balaban J connectivity index is 1.99. The van der Waals surface area contributed by atoms with Gasteiger partial charge in [-0.15, -0.1) is 0 Å². The van der Waals surface area contributed by atoms with E-state index in [2.05, 4.69) is 5.32 Å². The maximum absolute atomic E-state index is 12.6. The van der Waals surface area contributed by atoms with Gasteiger partial charge in [-0.1, -0.05) is 30.7 Å². The lowest BCUT2D eigenvalue weighted by Crippen LogP contribution is -2.39. The molecule has 2 heterocycles. The molecule has 1 aliphatic rings. The summed E-state index contributed by atoms with van der Waals surface area (Å²) in [6.07, 6.45) is 1.69. The monoisotopic (exact) mass is 277 g/mol. The van der Waals surface area contributed by atoms with Crippen molar-refractivity contribution in [3.8, 4) is 0 Å². The third-order valence-electron chi connectivity index (χ3n) is 3.98. The minimum absolute atomic E-state index is 0.0845. The van der Waals surface area contributed by atoms with Gasteiger partial charge >= 0.3 is 0 Å². The van der Waals surface area contributed by atoms with Gasteiger partial charge in [0.25, 0.3) is 0 Å². The van der Waals surface area contributed by atoms with Gasteiger partial charge in [0, 0.05) is 10.8 Å². The Labute approximate surface area is 116 Å². The van der Waals surface area contributed by atoms with Crippen LogP contribution in [0, 0.1) is 5.41 Å². The number of carbonyl (C=O) groups excluding carboxylic acids is 1. The van der Waals surface area contributed by atoms with Crippen molar-refractivity contribution in [2.45, 2.75) is 19.8 Å². The third kappa shape index (κ3) is 2.17. The maximum Gasteiger partial charge on any atom is 0.203 e. The molecule has 1 aromatic heterocycles. The second kappa shape index (κ2) is 4.66. The molecule has 0 radical (unpaired) electrons. The Morgan fingerprint density at radius 1 is 1.37 bits per heavy atom.